The molecule has 3 heterocycles. The lowest BCUT2D eigenvalue weighted by Gasteiger charge is -2.35. The molecule has 0 fully saturated rings. The maximum atomic E-state index is 12.7. The number of aryl methyl sites for hydroxylation is 1. The Morgan fingerprint density at radius 1 is 1.48 bits per heavy atom. The molecule has 0 saturated heterocycles. The van der Waals surface area contributed by atoms with Crippen molar-refractivity contribution in [3.8, 4) is 0 Å². The van der Waals surface area contributed by atoms with Gasteiger partial charge in [-0.2, -0.15) is 5.10 Å². The Morgan fingerprint density at radius 2 is 2.29 bits per heavy atom. The second kappa shape index (κ2) is 5.33. The highest BCUT2D eigenvalue weighted by molar-refractivity contribution is 5.92. The van der Waals surface area contributed by atoms with Gasteiger partial charge in [0.15, 0.2) is 0 Å². The van der Waals surface area contributed by atoms with Crippen LogP contribution in [-0.4, -0.2) is 62.2 Å². The van der Waals surface area contributed by atoms with Crippen molar-refractivity contribution < 1.29 is 4.79 Å². The van der Waals surface area contributed by atoms with Gasteiger partial charge in [-0.3, -0.25) is 9.48 Å². The highest BCUT2D eigenvalue weighted by atomic mass is 16.2. The van der Waals surface area contributed by atoms with Gasteiger partial charge in [0.1, 0.15) is 5.69 Å². The van der Waals surface area contributed by atoms with Crippen molar-refractivity contribution in [1.82, 2.24) is 29.1 Å². The number of amides is 1. The number of nitrogens with zero attached hydrogens (tertiary/aromatic N) is 6. The summed E-state index contributed by atoms with van der Waals surface area (Å²) in [6.07, 6.45) is 5.35. The lowest BCUT2D eigenvalue weighted by Crippen LogP contribution is -2.44. The third kappa shape index (κ3) is 2.56. The molecule has 0 saturated carbocycles. The van der Waals surface area contributed by atoms with E-state index in [4.69, 9.17) is 0 Å². The van der Waals surface area contributed by atoms with Crippen molar-refractivity contribution in [2.45, 2.75) is 12.6 Å². The van der Waals surface area contributed by atoms with Crippen molar-refractivity contribution >= 4 is 5.91 Å². The van der Waals surface area contributed by atoms with Crippen LogP contribution in [0.25, 0.3) is 0 Å². The van der Waals surface area contributed by atoms with Crippen LogP contribution in [-0.2, 0) is 13.6 Å². The standard InChI is InChI=1S/C14H20N6O/c1-17(2)7-12-9-19(8-11-6-15-10-20(11)12)14(21)13-4-5-16-18(13)3/h4-6,10,12H,7-9H2,1-3H3/t12-/m1/s1. The van der Waals surface area contributed by atoms with Gasteiger partial charge >= 0.3 is 0 Å². The van der Waals surface area contributed by atoms with Gasteiger partial charge in [0.25, 0.3) is 5.91 Å². The summed E-state index contributed by atoms with van der Waals surface area (Å²) in [4.78, 5) is 20.9. The largest absolute Gasteiger partial charge is 0.329 e. The number of aromatic nitrogens is 4. The number of fused-ring (bicyclic) bond motifs is 1. The summed E-state index contributed by atoms with van der Waals surface area (Å²) in [5, 5.41) is 4.08. The first kappa shape index (κ1) is 13.8. The molecular formula is C14H20N6O. The van der Waals surface area contributed by atoms with Gasteiger partial charge in [-0.1, -0.05) is 0 Å². The topological polar surface area (TPSA) is 59.2 Å². The number of carbonyl (C=O) groups is 1. The third-order valence-electron chi connectivity index (χ3n) is 3.83. The Balaban J connectivity index is 1.86. The number of imidazole rings is 1. The first-order chi connectivity index (χ1) is 10.1. The van der Waals surface area contributed by atoms with Crippen LogP contribution in [0, 0.1) is 0 Å². The summed E-state index contributed by atoms with van der Waals surface area (Å²) in [5.74, 6) is 0.0196. The van der Waals surface area contributed by atoms with Crippen LogP contribution in [0.15, 0.2) is 24.8 Å². The molecule has 21 heavy (non-hydrogen) atoms. The average Bonchev–Trinajstić information content (AvgIpc) is 3.05. The summed E-state index contributed by atoms with van der Waals surface area (Å²) in [6, 6.07) is 1.98. The van der Waals surface area contributed by atoms with E-state index in [9.17, 15) is 4.79 Å². The van der Waals surface area contributed by atoms with Crippen LogP contribution in [0.2, 0.25) is 0 Å². The molecular weight excluding hydrogens is 268 g/mol. The molecule has 1 aliphatic heterocycles. The Bertz CT molecular complexity index is 643. The van der Waals surface area contributed by atoms with Crippen LogP contribution in [0.3, 0.4) is 0 Å². The minimum atomic E-state index is 0.0196. The molecule has 2 aromatic heterocycles. The van der Waals surface area contributed by atoms with Crippen molar-refractivity contribution in [2.75, 3.05) is 27.2 Å². The van der Waals surface area contributed by atoms with Crippen LogP contribution in [0.5, 0.6) is 0 Å². The molecule has 0 radical (unpaired) electrons. The zero-order valence-electron chi connectivity index (χ0n) is 12.6. The third-order valence-corrected chi connectivity index (χ3v) is 3.83. The summed E-state index contributed by atoms with van der Waals surface area (Å²) in [7, 11) is 5.87. The second-order valence-electron chi connectivity index (χ2n) is 5.73. The highest BCUT2D eigenvalue weighted by Crippen LogP contribution is 2.22. The summed E-state index contributed by atoms with van der Waals surface area (Å²) >= 11 is 0. The Kier molecular flexibility index (Phi) is 3.50. The average molecular weight is 288 g/mol. The van der Waals surface area contributed by atoms with E-state index >= 15 is 0 Å². The first-order valence-electron chi connectivity index (χ1n) is 6.99. The fourth-order valence-corrected chi connectivity index (χ4v) is 2.85. The van der Waals surface area contributed by atoms with Crippen LogP contribution in [0.1, 0.15) is 22.2 Å². The van der Waals surface area contributed by atoms with E-state index in [-0.39, 0.29) is 11.9 Å². The molecule has 7 heteroatoms. The first-order valence-corrected chi connectivity index (χ1v) is 6.99. The van der Waals surface area contributed by atoms with E-state index < -0.39 is 0 Å². The summed E-state index contributed by atoms with van der Waals surface area (Å²) < 4.78 is 3.79. The minimum Gasteiger partial charge on any atom is -0.329 e. The summed E-state index contributed by atoms with van der Waals surface area (Å²) in [6.45, 7) is 2.15. The normalized spacial score (nSPS) is 18.1. The molecule has 1 atom stereocenters. The van der Waals surface area contributed by atoms with Crippen LogP contribution >= 0.6 is 0 Å². The van der Waals surface area contributed by atoms with Crippen molar-refractivity contribution in [3.63, 3.8) is 0 Å². The van der Waals surface area contributed by atoms with Crippen LogP contribution < -0.4 is 0 Å². The lowest BCUT2D eigenvalue weighted by atomic mass is 10.1. The number of rotatable bonds is 3. The quantitative estimate of drug-likeness (QED) is 0.819. The molecule has 2 aromatic rings. The Morgan fingerprint density at radius 3 is 2.95 bits per heavy atom. The Labute approximate surface area is 123 Å². The molecule has 1 amide bonds. The molecule has 0 unspecified atom stereocenters. The Hall–Kier alpha value is -2.15. The highest BCUT2D eigenvalue weighted by Gasteiger charge is 2.29. The molecule has 1 aliphatic rings. The number of carbonyl (C=O) groups excluding carboxylic acids is 1. The van der Waals surface area contributed by atoms with E-state index in [1.807, 2.05) is 31.5 Å². The predicted octanol–water partition coefficient (Wildman–Crippen LogP) is 0.375. The second-order valence-corrected chi connectivity index (χ2v) is 5.73. The smallest absolute Gasteiger partial charge is 0.272 e. The fraction of sp³-hybridized carbons (Fsp3) is 0.500. The van der Waals surface area contributed by atoms with Gasteiger partial charge in [0, 0.05) is 32.5 Å². The molecule has 3 rings (SSSR count). The molecule has 0 N–H and O–H groups in total. The maximum absolute atomic E-state index is 12.7. The zero-order chi connectivity index (χ0) is 15.0. The van der Waals surface area contributed by atoms with Gasteiger partial charge in [0.2, 0.25) is 0 Å². The van der Waals surface area contributed by atoms with E-state index in [1.165, 1.54) is 0 Å². The van der Waals surface area contributed by atoms with E-state index in [1.54, 1.807) is 24.0 Å². The molecule has 112 valence electrons. The fourth-order valence-electron chi connectivity index (χ4n) is 2.85. The lowest BCUT2D eigenvalue weighted by molar-refractivity contribution is 0.0652. The van der Waals surface area contributed by atoms with Gasteiger partial charge in [-0.25, -0.2) is 4.98 Å². The SMILES string of the molecule is CN(C)C[C@@H]1CN(C(=O)c2ccnn2C)Cc2cncn21. The number of hydrogen-bond acceptors (Lipinski definition) is 4. The molecule has 0 aromatic carbocycles. The maximum Gasteiger partial charge on any atom is 0.272 e. The van der Waals surface area contributed by atoms with Gasteiger partial charge in [-0.15, -0.1) is 0 Å². The molecule has 0 spiro atoms. The number of hydrogen-bond donors (Lipinski definition) is 0. The number of likely N-dealkylation sites (N-methyl/N-ethyl adjacent to an activating group) is 1. The molecule has 7 nitrogen and oxygen atoms in total. The van der Waals surface area contributed by atoms with Crippen molar-refractivity contribution in [3.05, 3.63) is 36.2 Å². The van der Waals surface area contributed by atoms with Gasteiger partial charge in [0.05, 0.1) is 24.6 Å². The van der Waals surface area contributed by atoms with E-state index in [0.717, 1.165) is 12.2 Å². The molecule has 0 bridgehead atoms. The van der Waals surface area contributed by atoms with E-state index in [0.29, 0.717) is 18.8 Å². The predicted molar refractivity (Wildman–Crippen MR) is 77.8 cm³/mol. The molecule has 0 aliphatic carbocycles. The van der Waals surface area contributed by atoms with Crippen LogP contribution in [0.4, 0.5) is 0 Å². The minimum absolute atomic E-state index is 0.0196. The van der Waals surface area contributed by atoms with Crippen molar-refractivity contribution in [1.29, 1.82) is 0 Å². The monoisotopic (exact) mass is 288 g/mol. The van der Waals surface area contributed by atoms with Gasteiger partial charge in [-0.05, 0) is 20.2 Å². The van der Waals surface area contributed by atoms with E-state index in [2.05, 4.69) is 19.5 Å². The zero-order valence-corrected chi connectivity index (χ0v) is 12.6. The summed E-state index contributed by atoms with van der Waals surface area (Å²) in [5.41, 5.74) is 1.69. The van der Waals surface area contributed by atoms with Gasteiger partial charge < -0.3 is 14.4 Å². The van der Waals surface area contributed by atoms with Crippen molar-refractivity contribution in [2.24, 2.45) is 7.05 Å².